The molecule has 2 aliphatic heterocycles. The minimum Gasteiger partial charge on any atom is -0.457 e. The first-order valence-corrected chi connectivity index (χ1v) is 11.2. The lowest BCUT2D eigenvalue weighted by Crippen LogP contribution is -2.25. The van der Waals surface area contributed by atoms with Crippen LogP contribution in [-0.2, 0) is 0 Å². The van der Waals surface area contributed by atoms with Gasteiger partial charge in [0.05, 0.1) is 12.5 Å². The van der Waals surface area contributed by atoms with Crippen molar-refractivity contribution in [2.45, 2.75) is 25.7 Å². The molecule has 1 N–H and O–H groups in total. The van der Waals surface area contributed by atoms with Crippen molar-refractivity contribution in [1.29, 1.82) is 0 Å². The number of nitrogens with zero attached hydrogens (tertiary/aromatic N) is 6. The molecular formula is C23H25N7O3. The van der Waals surface area contributed by atoms with Gasteiger partial charge < -0.3 is 19.0 Å². The van der Waals surface area contributed by atoms with E-state index in [1.165, 1.54) is 6.26 Å². The zero-order valence-corrected chi connectivity index (χ0v) is 18.2. The van der Waals surface area contributed by atoms with Crippen molar-refractivity contribution in [2.75, 3.05) is 41.4 Å². The maximum absolute atomic E-state index is 12.1. The van der Waals surface area contributed by atoms with E-state index in [1.807, 2.05) is 6.07 Å². The number of carbonyl (C=O) groups excluding carboxylic acids is 1. The molecule has 2 fully saturated rings. The van der Waals surface area contributed by atoms with Gasteiger partial charge in [-0.3, -0.25) is 0 Å². The zero-order valence-electron chi connectivity index (χ0n) is 18.2. The number of ether oxygens (including phenoxy) is 1. The Kier molecular flexibility index (Phi) is 6.14. The van der Waals surface area contributed by atoms with Gasteiger partial charge in [0.25, 0.3) is 0 Å². The van der Waals surface area contributed by atoms with Gasteiger partial charge in [-0.1, -0.05) is 12.1 Å². The van der Waals surface area contributed by atoms with Crippen molar-refractivity contribution in [1.82, 2.24) is 15.0 Å². The van der Waals surface area contributed by atoms with Crippen LogP contribution in [0, 0.1) is 0 Å². The fraction of sp³-hybridized carbons (Fsp3) is 0.348. The summed E-state index contributed by atoms with van der Waals surface area (Å²) in [6.07, 6.45) is 7.63. The minimum atomic E-state index is -0.554. The molecule has 1 aromatic carbocycles. The minimum absolute atomic E-state index is 0.146. The molecule has 4 heterocycles. The van der Waals surface area contributed by atoms with Crippen LogP contribution >= 0.6 is 0 Å². The number of rotatable bonds is 7. The number of aromatic nitrogens is 3. The molecule has 10 heteroatoms. The smallest absolute Gasteiger partial charge is 0.379 e. The molecular weight excluding hydrogens is 422 g/mol. The molecule has 2 aromatic heterocycles. The molecule has 3 aromatic rings. The van der Waals surface area contributed by atoms with Crippen molar-refractivity contribution in [3.8, 4) is 5.75 Å². The highest BCUT2D eigenvalue weighted by molar-refractivity contribution is 5.88. The van der Waals surface area contributed by atoms with Gasteiger partial charge in [0.1, 0.15) is 5.75 Å². The number of hydrazone groups is 1. The van der Waals surface area contributed by atoms with E-state index in [9.17, 15) is 4.79 Å². The highest BCUT2D eigenvalue weighted by Crippen LogP contribution is 2.23. The maximum Gasteiger partial charge on any atom is 0.379 e. The first-order chi connectivity index (χ1) is 16.2. The van der Waals surface area contributed by atoms with Crippen molar-refractivity contribution in [3.63, 3.8) is 0 Å². The Balaban J connectivity index is 1.29. The van der Waals surface area contributed by atoms with E-state index in [4.69, 9.17) is 14.1 Å². The second kappa shape index (κ2) is 9.68. The number of nitrogens with one attached hydrogen (secondary N) is 1. The number of esters is 1. The fourth-order valence-corrected chi connectivity index (χ4v) is 3.90. The fourth-order valence-electron chi connectivity index (χ4n) is 3.90. The van der Waals surface area contributed by atoms with Gasteiger partial charge in [0.15, 0.2) is 0 Å². The zero-order chi connectivity index (χ0) is 22.5. The Morgan fingerprint density at radius 3 is 2.30 bits per heavy atom. The molecule has 10 nitrogen and oxygen atoms in total. The maximum atomic E-state index is 12.1. The predicted molar refractivity (Wildman–Crippen MR) is 124 cm³/mol. The van der Waals surface area contributed by atoms with Gasteiger partial charge in [0.2, 0.25) is 23.6 Å². The molecule has 0 bridgehead atoms. The molecule has 5 rings (SSSR count). The monoisotopic (exact) mass is 447 g/mol. The average molecular weight is 447 g/mol. The molecule has 0 atom stereocenters. The summed E-state index contributed by atoms with van der Waals surface area (Å²) in [7, 11) is 0. The quantitative estimate of drug-likeness (QED) is 0.252. The van der Waals surface area contributed by atoms with E-state index < -0.39 is 5.97 Å². The van der Waals surface area contributed by atoms with Crippen LogP contribution in [-0.4, -0.2) is 53.3 Å². The second-order valence-electron chi connectivity index (χ2n) is 7.96. The van der Waals surface area contributed by atoms with Crippen molar-refractivity contribution >= 4 is 30.0 Å². The largest absolute Gasteiger partial charge is 0.457 e. The van der Waals surface area contributed by atoms with Gasteiger partial charge in [-0.05, 0) is 55.5 Å². The van der Waals surface area contributed by atoms with E-state index in [0.717, 1.165) is 57.4 Å². The SMILES string of the molecule is O=C(Oc1cccc(C=NNc2nc(N3CCCC3)nc(N3CCCC3)n2)c1)c1ccco1. The summed E-state index contributed by atoms with van der Waals surface area (Å²) in [6, 6.07) is 10.2. The van der Waals surface area contributed by atoms with E-state index in [2.05, 4.69) is 30.3 Å². The number of hydrogen-bond acceptors (Lipinski definition) is 10. The van der Waals surface area contributed by atoms with Crippen molar-refractivity contribution in [2.24, 2.45) is 5.10 Å². The number of anilines is 3. The van der Waals surface area contributed by atoms with Crippen LogP contribution in [0.1, 0.15) is 41.8 Å². The average Bonchev–Trinajstić information content (AvgIpc) is 3.63. The lowest BCUT2D eigenvalue weighted by atomic mass is 10.2. The molecule has 2 aliphatic rings. The number of furan rings is 1. The molecule has 170 valence electrons. The lowest BCUT2D eigenvalue weighted by molar-refractivity contribution is 0.0701. The first-order valence-electron chi connectivity index (χ1n) is 11.2. The van der Waals surface area contributed by atoms with Crippen molar-refractivity contribution in [3.05, 3.63) is 54.0 Å². The normalized spacial score (nSPS) is 16.0. The molecule has 0 radical (unpaired) electrons. The topological polar surface area (TPSA) is 109 Å². The molecule has 0 aliphatic carbocycles. The van der Waals surface area contributed by atoms with Crippen LogP contribution in [0.25, 0.3) is 0 Å². The summed E-state index contributed by atoms with van der Waals surface area (Å²) >= 11 is 0. The standard InChI is InChI=1S/C23H25N7O3/c31-20(19-9-6-14-32-19)33-18-8-5-7-17(15-18)16-24-28-21-25-22(29-10-1-2-11-29)27-23(26-21)30-12-3-4-13-30/h5-9,14-16H,1-4,10-13H2,(H,25,26,27,28). The third-order valence-electron chi connectivity index (χ3n) is 5.56. The lowest BCUT2D eigenvalue weighted by Gasteiger charge is -2.20. The Bertz CT molecular complexity index is 1090. The Hall–Kier alpha value is -3.95. The molecule has 0 saturated carbocycles. The van der Waals surface area contributed by atoms with E-state index >= 15 is 0 Å². The molecule has 0 spiro atoms. The van der Waals surface area contributed by atoms with Crippen LogP contribution in [0.4, 0.5) is 17.8 Å². The summed E-state index contributed by atoms with van der Waals surface area (Å²) in [4.78, 5) is 30.3. The molecule has 0 unspecified atom stereocenters. The Morgan fingerprint density at radius 1 is 0.970 bits per heavy atom. The molecule has 2 saturated heterocycles. The summed E-state index contributed by atoms with van der Waals surface area (Å²) in [5.41, 5.74) is 3.69. The van der Waals surface area contributed by atoms with E-state index in [0.29, 0.717) is 23.6 Å². The summed E-state index contributed by atoms with van der Waals surface area (Å²) < 4.78 is 10.4. The number of hydrogen-bond donors (Lipinski definition) is 1. The third-order valence-corrected chi connectivity index (χ3v) is 5.56. The first kappa shape index (κ1) is 20.9. The Labute approximate surface area is 191 Å². The van der Waals surface area contributed by atoms with Gasteiger partial charge >= 0.3 is 5.97 Å². The summed E-state index contributed by atoms with van der Waals surface area (Å²) in [5.74, 6) is 1.77. The van der Waals surface area contributed by atoms with Crippen LogP contribution in [0.5, 0.6) is 5.75 Å². The highest BCUT2D eigenvalue weighted by Gasteiger charge is 2.21. The van der Waals surface area contributed by atoms with E-state index in [1.54, 1.807) is 36.5 Å². The van der Waals surface area contributed by atoms with Crippen LogP contribution in [0.2, 0.25) is 0 Å². The Morgan fingerprint density at radius 2 is 1.67 bits per heavy atom. The number of benzene rings is 1. The van der Waals surface area contributed by atoms with Crippen molar-refractivity contribution < 1.29 is 13.9 Å². The van der Waals surface area contributed by atoms with Gasteiger partial charge in [-0.25, -0.2) is 10.2 Å². The van der Waals surface area contributed by atoms with E-state index in [-0.39, 0.29) is 5.76 Å². The van der Waals surface area contributed by atoms with Gasteiger partial charge in [-0.2, -0.15) is 20.1 Å². The summed E-state index contributed by atoms with van der Waals surface area (Å²) in [6.45, 7) is 3.82. The van der Waals surface area contributed by atoms with Crippen LogP contribution in [0.15, 0.2) is 52.2 Å². The van der Waals surface area contributed by atoms with Gasteiger partial charge in [0, 0.05) is 26.2 Å². The predicted octanol–water partition coefficient (Wildman–Crippen LogP) is 3.33. The summed E-state index contributed by atoms with van der Waals surface area (Å²) in [5, 5.41) is 4.29. The van der Waals surface area contributed by atoms with Crippen LogP contribution in [0.3, 0.4) is 0 Å². The number of carbonyl (C=O) groups is 1. The second-order valence-corrected chi connectivity index (χ2v) is 7.96. The molecule has 0 amide bonds. The van der Waals surface area contributed by atoms with Crippen LogP contribution < -0.4 is 20.0 Å². The highest BCUT2D eigenvalue weighted by atomic mass is 16.5. The van der Waals surface area contributed by atoms with Gasteiger partial charge in [-0.15, -0.1) is 0 Å². The third kappa shape index (κ3) is 5.11. The molecule has 33 heavy (non-hydrogen) atoms.